The Morgan fingerprint density at radius 3 is 2.56 bits per heavy atom. The maximum atomic E-state index is 11.2. The summed E-state index contributed by atoms with van der Waals surface area (Å²) < 4.78 is 0. The van der Waals surface area contributed by atoms with Crippen LogP contribution in [-0.4, -0.2) is 5.24 Å². The van der Waals surface area contributed by atoms with Crippen LogP contribution in [0, 0.1) is 5.92 Å². The molecule has 0 saturated heterocycles. The van der Waals surface area contributed by atoms with E-state index in [0.29, 0.717) is 5.56 Å². The van der Waals surface area contributed by atoms with Gasteiger partial charge in [0.2, 0.25) is 0 Å². The molecule has 1 aromatic carbocycles. The highest BCUT2D eigenvalue weighted by Crippen LogP contribution is 2.16. The SMILES string of the molecule is CC(C)CCCCc1ccccc1C(=O)Cl. The summed E-state index contributed by atoms with van der Waals surface area (Å²) >= 11 is 5.53. The van der Waals surface area contributed by atoms with Gasteiger partial charge in [0.1, 0.15) is 0 Å². The first-order chi connectivity index (χ1) is 7.61. The molecule has 0 unspecified atom stereocenters. The first kappa shape index (κ1) is 13.2. The van der Waals surface area contributed by atoms with Gasteiger partial charge in [-0.05, 0) is 42.0 Å². The monoisotopic (exact) mass is 238 g/mol. The zero-order chi connectivity index (χ0) is 12.0. The summed E-state index contributed by atoms with van der Waals surface area (Å²) in [5.41, 5.74) is 1.74. The highest BCUT2D eigenvalue weighted by Gasteiger charge is 2.07. The third-order valence-corrected chi connectivity index (χ3v) is 2.91. The quantitative estimate of drug-likeness (QED) is 0.529. The normalized spacial score (nSPS) is 10.8. The van der Waals surface area contributed by atoms with Crippen molar-refractivity contribution in [3.8, 4) is 0 Å². The first-order valence-electron chi connectivity index (χ1n) is 5.89. The van der Waals surface area contributed by atoms with Crippen molar-refractivity contribution in [1.29, 1.82) is 0 Å². The lowest BCUT2D eigenvalue weighted by Gasteiger charge is -2.07. The molecule has 0 fully saturated rings. The second-order valence-electron chi connectivity index (χ2n) is 4.57. The first-order valence-corrected chi connectivity index (χ1v) is 6.26. The highest BCUT2D eigenvalue weighted by atomic mass is 35.5. The van der Waals surface area contributed by atoms with E-state index in [1.165, 1.54) is 12.8 Å². The Kier molecular flexibility index (Phi) is 5.54. The summed E-state index contributed by atoms with van der Waals surface area (Å²) in [5.74, 6) is 0.755. The van der Waals surface area contributed by atoms with Gasteiger partial charge in [-0.1, -0.05) is 44.9 Å². The number of halogens is 1. The number of hydrogen-bond donors (Lipinski definition) is 0. The van der Waals surface area contributed by atoms with E-state index in [9.17, 15) is 4.79 Å². The number of benzene rings is 1. The minimum absolute atomic E-state index is 0.348. The summed E-state index contributed by atoms with van der Waals surface area (Å²) in [7, 11) is 0. The van der Waals surface area contributed by atoms with E-state index in [4.69, 9.17) is 11.6 Å². The molecule has 1 nitrogen and oxygen atoms in total. The van der Waals surface area contributed by atoms with Crippen LogP contribution in [0.15, 0.2) is 24.3 Å². The smallest absolute Gasteiger partial charge is 0.252 e. The Bertz CT molecular complexity index is 344. The Balaban J connectivity index is 2.50. The molecule has 0 aliphatic heterocycles. The lowest BCUT2D eigenvalue weighted by molar-refractivity contribution is 0.108. The fourth-order valence-electron chi connectivity index (χ4n) is 1.80. The molecular weight excluding hydrogens is 220 g/mol. The van der Waals surface area contributed by atoms with Crippen molar-refractivity contribution in [3.63, 3.8) is 0 Å². The van der Waals surface area contributed by atoms with Crippen LogP contribution >= 0.6 is 11.6 Å². The summed E-state index contributed by atoms with van der Waals surface area (Å²) in [6.07, 6.45) is 4.53. The number of hydrogen-bond acceptors (Lipinski definition) is 1. The van der Waals surface area contributed by atoms with E-state index in [1.807, 2.05) is 18.2 Å². The Morgan fingerprint density at radius 1 is 1.25 bits per heavy atom. The minimum atomic E-state index is -0.348. The molecule has 0 aliphatic carbocycles. The largest absolute Gasteiger partial charge is 0.276 e. The van der Waals surface area contributed by atoms with Crippen molar-refractivity contribution in [2.45, 2.75) is 39.5 Å². The van der Waals surface area contributed by atoms with Crippen molar-refractivity contribution < 1.29 is 4.79 Å². The van der Waals surface area contributed by atoms with Gasteiger partial charge in [-0.25, -0.2) is 0 Å². The maximum absolute atomic E-state index is 11.2. The fourth-order valence-corrected chi connectivity index (χ4v) is 1.98. The van der Waals surface area contributed by atoms with Crippen molar-refractivity contribution in [3.05, 3.63) is 35.4 Å². The van der Waals surface area contributed by atoms with Gasteiger partial charge >= 0.3 is 0 Å². The third kappa shape index (κ3) is 4.36. The van der Waals surface area contributed by atoms with E-state index >= 15 is 0 Å². The molecule has 0 N–H and O–H groups in total. The zero-order valence-electron chi connectivity index (χ0n) is 10.0. The van der Waals surface area contributed by atoms with Gasteiger partial charge in [-0.2, -0.15) is 0 Å². The van der Waals surface area contributed by atoms with Crippen molar-refractivity contribution in [2.24, 2.45) is 5.92 Å². The molecule has 16 heavy (non-hydrogen) atoms. The number of carbonyl (C=O) groups is 1. The molecule has 0 atom stereocenters. The van der Waals surface area contributed by atoms with E-state index in [0.717, 1.165) is 24.3 Å². The van der Waals surface area contributed by atoms with Gasteiger partial charge in [-0.3, -0.25) is 4.79 Å². The summed E-state index contributed by atoms with van der Waals surface area (Å²) in [4.78, 5) is 11.2. The van der Waals surface area contributed by atoms with Crippen molar-refractivity contribution in [1.82, 2.24) is 0 Å². The zero-order valence-corrected chi connectivity index (χ0v) is 10.8. The summed E-state index contributed by atoms with van der Waals surface area (Å²) in [5, 5.41) is -0.348. The summed E-state index contributed by atoms with van der Waals surface area (Å²) in [6, 6.07) is 7.60. The number of aryl methyl sites for hydroxylation is 1. The predicted octanol–water partition coefficient (Wildman–Crippen LogP) is 4.43. The molecule has 0 heterocycles. The highest BCUT2D eigenvalue weighted by molar-refractivity contribution is 6.67. The van der Waals surface area contributed by atoms with Crippen LogP contribution < -0.4 is 0 Å². The van der Waals surface area contributed by atoms with Crippen LogP contribution in [0.1, 0.15) is 49.0 Å². The van der Waals surface area contributed by atoms with Crippen molar-refractivity contribution in [2.75, 3.05) is 0 Å². The number of carbonyl (C=O) groups excluding carboxylic acids is 1. The third-order valence-electron chi connectivity index (χ3n) is 2.71. The van der Waals surface area contributed by atoms with E-state index in [2.05, 4.69) is 13.8 Å². The maximum Gasteiger partial charge on any atom is 0.252 e. The van der Waals surface area contributed by atoms with Gasteiger partial charge in [0, 0.05) is 5.56 Å². The molecule has 2 heteroatoms. The molecule has 0 bridgehead atoms. The average molecular weight is 239 g/mol. The Morgan fingerprint density at radius 2 is 1.94 bits per heavy atom. The fraction of sp³-hybridized carbons (Fsp3) is 0.500. The number of rotatable bonds is 6. The second-order valence-corrected chi connectivity index (χ2v) is 4.91. The van der Waals surface area contributed by atoms with Crippen LogP contribution in [0.4, 0.5) is 0 Å². The van der Waals surface area contributed by atoms with Gasteiger partial charge in [-0.15, -0.1) is 0 Å². The molecule has 0 aliphatic rings. The van der Waals surface area contributed by atoms with Gasteiger partial charge in [0.05, 0.1) is 0 Å². The van der Waals surface area contributed by atoms with Crippen LogP contribution in [-0.2, 0) is 6.42 Å². The van der Waals surface area contributed by atoms with Crippen molar-refractivity contribution >= 4 is 16.8 Å². The van der Waals surface area contributed by atoms with Gasteiger partial charge in [0.15, 0.2) is 0 Å². The van der Waals surface area contributed by atoms with Crippen LogP contribution in [0.3, 0.4) is 0 Å². The average Bonchev–Trinajstić information content (AvgIpc) is 2.24. The van der Waals surface area contributed by atoms with E-state index < -0.39 is 0 Å². The van der Waals surface area contributed by atoms with Crippen LogP contribution in [0.2, 0.25) is 0 Å². The van der Waals surface area contributed by atoms with Gasteiger partial charge in [0.25, 0.3) is 5.24 Å². The van der Waals surface area contributed by atoms with E-state index in [-0.39, 0.29) is 5.24 Å². The molecule has 88 valence electrons. The Hall–Kier alpha value is -0.820. The molecule has 0 amide bonds. The Labute approximate surface area is 103 Å². The predicted molar refractivity (Wildman–Crippen MR) is 69.0 cm³/mol. The lowest BCUT2D eigenvalue weighted by Crippen LogP contribution is -1.98. The molecule has 1 aromatic rings. The topological polar surface area (TPSA) is 17.1 Å². The standard InChI is InChI=1S/C14H19ClO/c1-11(2)7-3-4-8-12-9-5-6-10-13(12)14(15)16/h5-6,9-11H,3-4,7-8H2,1-2H3. The molecule has 0 spiro atoms. The second kappa shape index (κ2) is 6.70. The molecule has 0 radical (unpaired) electrons. The van der Waals surface area contributed by atoms with Crippen LogP contribution in [0.5, 0.6) is 0 Å². The summed E-state index contributed by atoms with van der Waals surface area (Å²) in [6.45, 7) is 4.46. The van der Waals surface area contributed by atoms with Crippen LogP contribution in [0.25, 0.3) is 0 Å². The minimum Gasteiger partial charge on any atom is -0.276 e. The number of unbranched alkanes of at least 4 members (excludes halogenated alkanes) is 1. The molecule has 0 aromatic heterocycles. The molecular formula is C14H19ClO. The van der Waals surface area contributed by atoms with E-state index in [1.54, 1.807) is 6.07 Å². The lowest BCUT2D eigenvalue weighted by atomic mass is 9.99. The van der Waals surface area contributed by atoms with Gasteiger partial charge < -0.3 is 0 Å². The molecule has 1 rings (SSSR count). The molecule has 0 saturated carbocycles.